The summed E-state index contributed by atoms with van der Waals surface area (Å²) in [4.78, 5) is 23.2. The van der Waals surface area contributed by atoms with Gasteiger partial charge < -0.3 is 29.8 Å². The van der Waals surface area contributed by atoms with Crippen molar-refractivity contribution in [3.8, 4) is 0 Å². The fourth-order valence-corrected chi connectivity index (χ4v) is 4.19. The first-order valence-corrected chi connectivity index (χ1v) is 10.7. The maximum Gasteiger partial charge on any atom is 0.338 e. The summed E-state index contributed by atoms with van der Waals surface area (Å²) in [6.07, 6.45) is -3.06. The van der Waals surface area contributed by atoms with Gasteiger partial charge in [0.15, 0.2) is 6.10 Å². The first kappa shape index (κ1) is 23.3. The number of esters is 1. The Morgan fingerprint density at radius 3 is 2.48 bits per heavy atom. The lowest BCUT2D eigenvalue weighted by Gasteiger charge is -2.42. The van der Waals surface area contributed by atoms with Crippen molar-refractivity contribution in [2.24, 2.45) is 5.73 Å². The number of benzene rings is 2. The van der Waals surface area contributed by atoms with Gasteiger partial charge in [-0.3, -0.25) is 10.1 Å². The number of carbonyl (C=O) groups excluding carboxylic acids is 1. The number of nitrogens with two attached hydrogens (primary N) is 1. The van der Waals surface area contributed by atoms with Crippen LogP contribution in [0.15, 0.2) is 54.6 Å². The van der Waals surface area contributed by atoms with E-state index in [-0.39, 0.29) is 36.7 Å². The molecule has 0 radical (unpaired) electrons. The van der Waals surface area contributed by atoms with Crippen LogP contribution in [0.2, 0.25) is 0 Å². The summed E-state index contributed by atoms with van der Waals surface area (Å²) in [5, 5.41) is 20.9. The molecule has 2 fully saturated rings. The molecule has 0 aromatic heterocycles. The molecule has 0 saturated carbocycles. The van der Waals surface area contributed by atoms with Gasteiger partial charge in [-0.1, -0.05) is 30.3 Å². The molecule has 10 nitrogen and oxygen atoms in total. The van der Waals surface area contributed by atoms with E-state index in [9.17, 15) is 20.0 Å². The molecule has 4 rings (SSSR count). The first-order valence-electron chi connectivity index (χ1n) is 10.7. The quantitative estimate of drug-likeness (QED) is 0.342. The highest BCUT2D eigenvalue weighted by atomic mass is 16.6. The fraction of sp³-hybridized carbons (Fsp3) is 0.435. The average Bonchev–Trinajstić information content (AvgIpc) is 3.26. The van der Waals surface area contributed by atoms with Crippen LogP contribution in [0.4, 0.5) is 5.69 Å². The van der Waals surface area contributed by atoms with Crippen molar-refractivity contribution < 1.29 is 33.8 Å². The Morgan fingerprint density at radius 2 is 1.85 bits per heavy atom. The fourth-order valence-electron chi connectivity index (χ4n) is 4.19. The second-order valence-electron chi connectivity index (χ2n) is 8.02. The van der Waals surface area contributed by atoms with E-state index in [4.69, 9.17) is 24.7 Å². The number of rotatable bonds is 8. The molecule has 176 valence electrons. The van der Waals surface area contributed by atoms with Crippen LogP contribution in [0.5, 0.6) is 0 Å². The number of nitrogens with zero attached hydrogens (tertiary/aromatic N) is 1. The third kappa shape index (κ3) is 5.21. The molecule has 2 aliphatic rings. The number of aliphatic hydroxyl groups excluding tert-OH is 1. The van der Waals surface area contributed by atoms with E-state index in [1.54, 1.807) is 0 Å². The Hall–Kier alpha value is -2.89. The third-order valence-corrected chi connectivity index (χ3v) is 5.86. The Balaban J connectivity index is 1.56. The van der Waals surface area contributed by atoms with Gasteiger partial charge in [-0.15, -0.1) is 0 Å². The van der Waals surface area contributed by atoms with Crippen LogP contribution in [0.3, 0.4) is 0 Å². The number of non-ortho nitro benzene ring substituents is 1. The normalized spacial score (nSPS) is 28.8. The van der Waals surface area contributed by atoms with Crippen molar-refractivity contribution in [2.75, 3.05) is 13.2 Å². The summed E-state index contributed by atoms with van der Waals surface area (Å²) in [5.74, 6) is -0.711. The van der Waals surface area contributed by atoms with E-state index in [2.05, 4.69) is 0 Å². The Labute approximate surface area is 190 Å². The Morgan fingerprint density at radius 1 is 1.12 bits per heavy atom. The predicted molar refractivity (Wildman–Crippen MR) is 115 cm³/mol. The van der Waals surface area contributed by atoms with E-state index in [0.29, 0.717) is 13.0 Å². The first-order chi connectivity index (χ1) is 16.0. The van der Waals surface area contributed by atoms with Gasteiger partial charge in [-0.2, -0.15) is 0 Å². The lowest BCUT2D eigenvalue weighted by molar-refractivity contribution is -0.384. The molecule has 0 bridgehead atoms. The van der Waals surface area contributed by atoms with Gasteiger partial charge >= 0.3 is 5.97 Å². The number of carbonyl (C=O) groups is 1. The molecule has 2 saturated heterocycles. The summed E-state index contributed by atoms with van der Waals surface area (Å²) >= 11 is 0. The number of ether oxygens (including phenoxy) is 4. The van der Waals surface area contributed by atoms with Crippen molar-refractivity contribution in [1.82, 2.24) is 0 Å². The van der Waals surface area contributed by atoms with Crippen LogP contribution in [-0.2, 0) is 25.6 Å². The predicted octanol–water partition coefficient (Wildman–Crippen LogP) is 1.58. The number of aliphatic hydroxyl groups is 1. The van der Waals surface area contributed by atoms with Gasteiger partial charge in [0.1, 0.15) is 18.3 Å². The van der Waals surface area contributed by atoms with Crippen molar-refractivity contribution >= 4 is 11.7 Å². The molecule has 2 aliphatic heterocycles. The highest BCUT2D eigenvalue weighted by molar-refractivity contribution is 5.89. The van der Waals surface area contributed by atoms with Crippen LogP contribution in [-0.4, -0.2) is 65.8 Å². The van der Waals surface area contributed by atoms with Gasteiger partial charge in [0, 0.05) is 25.1 Å². The molecule has 0 aliphatic carbocycles. The van der Waals surface area contributed by atoms with Crippen LogP contribution >= 0.6 is 0 Å². The van der Waals surface area contributed by atoms with Crippen molar-refractivity contribution in [3.05, 3.63) is 75.8 Å². The van der Waals surface area contributed by atoms with Crippen LogP contribution in [0, 0.1) is 10.1 Å². The Kier molecular flexibility index (Phi) is 7.31. The summed E-state index contributed by atoms with van der Waals surface area (Å²) in [7, 11) is 0. The zero-order chi connectivity index (χ0) is 23.4. The van der Waals surface area contributed by atoms with Crippen LogP contribution in [0.25, 0.3) is 0 Å². The lowest BCUT2D eigenvalue weighted by Crippen LogP contribution is -2.59. The molecule has 6 atom stereocenters. The Bertz CT molecular complexity index is 955. The zero-order valence-corrected chi connectivity index (χ0v) is 17.8. The number of nitro benzene ring substituents is 1. The van der Waals surface area contributed by atoms with Crippen molar-refractivity contribution in [3.63, 3.8) is 0 Å². The standard InChI is InChI=1S/C23H26N2O8/c24-11-17-10-18-20(31-17)22(30-13-14-4-2-1-3-5-14)21(19(12-26)32-18)33-23(27)15-6-8-16(9-7-15)25(28)29/h1-9,17-22,26H,10-13,24H2/t17?,18-,19-,20+,21-,22-/m1/s1. The van der Waals surface area contributed by atoms with E-state index in [0.717, 1.165) is 5.56 Å². The van der Waals surface area contributed by atoms with Crippen molar-refractivity contribution in [2.45, 2.75) is 49.7 Å². The minimum Gasteiger partial charge on any atom is -0.453 e. The number of nitro groups is 1. The maximum atomic E-state index is 12.8. The SMILES string of the molecule is NCC1C[C@H]2O[C@H](CO)[C@@H](OC(=O)c3ccc([N+](=O)[O-])cc3)[C@H](OCc3ccccc3)[C@H]2O1. The van der Waals surface area contributed by atoms with Gasteiger partial charge in [0.25, 0.3) is 5.69 Å². The minimum absolute atomic E-state index is 0.133. The van der Waals surface area contributed by atoms with E-state index in [1.807, 2.05) is 30.3 Å². The van der Waals surface area contributed by atoms with E-state index in [1.165, 1.54) is 24.3 Å². The molecule has 3 N–H and O–H groups in total. The molecule has 2 heterocycles. The van der Waals surface area contributed by atoms with Crippen LogP contribution < -0.4 is 5.73 Å². The highest BCUT2D eigenvalue weighted by Crippen LogP contribution is 2.36. The van der Waals surface area contributed by atoms with Gasteiger partial charge in [-0.25, -0.2) is 4.79 Å². The summed E-state index contributed by atoms with van der Waals surface area (Å²) in [5.41, 5.74) is 6.71. The molecule has 0 spiro atoms. The smallest absolute Gasteiger partial charge is 0.338 e. The molecule has 33 heavy (non-hydrogen) atoms. The highest BCUT2D eigenvalue weighted by Gasteiger charge is 2.53. The number of hydrogen-bond donors (Lipinski definition) is 2. The second-order valence-corrected chi connectivity index (χ2v) is 8.02. The molecular weight excluding hydrogens is 432 g/mol. The topological polar surface area (TPSA) is 143 Å². The third-order valence-electron chi connectivity index (χ3n) is 5.86. The lowest BCUT2D eigenvalue weighted by atomic mass is 9.94. The number of fused-ring (bicyclic) bond motifs is 1. The van der Waals surface area contributed by atoms with Crippen LogP contribution in [0.1, 0.15) is 22.3 Å². The number of hydrogen-bond acceptors (Lipinski definition) is 9. The largest absolute Gasteiger partial charge is 0.453 e. The van der Waals surface area contributed by atoms with E-state index >= 15 is 0 Å². The molecule has 2 aromatic rings. The molecule has 1 unspecified atom stereocenters. The van der Waals surface area contributed by atoms with Gasteiger partial charge in [0.05, 0.1) is 35.9 Å². The average molecular weight is 458 g/mol. The maximum absolute atomic E-state index is 12.8. The van der Waals surface area contributed by atoms with Gasteiger partial charge in [-0.05, 0) is 17.7 Å². The van der Waals surface area contributed by atoms with Crippen molar-refractivity contribution in [1.29, 1.82) is 0 Å². The minimum atomic E-state index is -0.959. The monoisotopic (exact) mass is 458 g/mol. The van der Waals surface area contributed by atoms with Gasteiger partial charge in [0.2, 0.25) is 0 Å². The van der Waals surface area contributed by atoms with E-state index < -0.39 is 35.3 Å². The summed E-state index contributed by atoms with van der Waals surface area (Å²) in [6, 6.07) is 14.6. The molecule has 0 amide bonds. The summed E-state index contributed by atoms with van der Waals surface area (Å²) in [6.45, 7) is 0.161. The zero-order valence-electron chi connectivity index (χ0n) is 17.8. The molecule has 10 heteroatoms. The summed E-state index contributed by atoms with van der Waals surface area (Å²) < 4.78 is 24.0. The second kappa shape index (κ2) is 10.4. The molecular formula is C23H26N2O8. The molecule has 2 aromatic carbocycles.